The van der Waals surface area contributed by atoms with E-state index in [1.165, 1.54) is 5.56 Å². The Morgan fingerprint density at radius 2 is 1.82 bits per heavy atom. The van der Waals surface area contributed by atoms with Gasteiger partial charge in [-0.2, -0.15) is 0 Å². The SMILES string of the molecule is Cc1ccc(/C=C/C(=O)C=C2SCCS2)cc1. The fourth-order valence-corrected chi connectivity index (χ4v) is 3.73. The predicted molar refractivity (Wildman–Crippen MR) is 78.2 cm³/mol. The largest absolute Gasteiger partial charge is 0.290 e. The summed E-state index contributed by atoms with van der Waals surface area (Å²) in [6.07, 6.45) is 5.23. The lowest BCUT2D eigenvalue weighted by atomic mass is 10.1. The number of carbonyl (C=O) groups is 1. The number of allylic oxidation sites excluding steroid dienone is 2. The minimum atomic E-state index is 0.0717. The number of hydrogen-bond donors (Lipinski definition) is 0. The van der Waals surface area contributed by atoms with E-state index < -0.39 is 0 Å². The molecule has 1 nitrogen and oxygen atoms in total. The topological polar surface area (TPSA) is 17.1 Å². The first-order chi connectivity index (χ1) is 8.24. The average Bonchev–Trinajstić information content (AvgIpc) is 2.81. The van der Waals surface area contributed by atoms with Gasteiger partial charge in [-0.3, -0.25) is 4.79 Å². The van der Waals surface area contributed by atoms with Gasteiger partial charge in [-0.1, -0.05) is 35.9 Å². The third kappa shape index (κ3) is 4.10. The minimum Gasteiger partial charge on any atom is -0.290 e. The maximum Gasteiger partial charge on any atom is 0.180 e. The molecule has 1 fully saturated rings. The number of benzene rings is 1. The van der Waals surface area contributed by atoms with Crippen molar-refractivity contribution in [3.8, 4) is 0 Å². The molecule has 0 aromatic heterocycles. The van der Waals surface area contributed by atoms with Gasteiger partial charge in [0.25, 0.3) is 0 Å². The molecule has 1 aliphatic heterocycles. The molecule has 1 aromatic rings. The Morgan fingerprint density at radius 3 is 2.47 bits per heavy atom. The Balaban J connectivity index is 1.98. The summed E-state index contributed by atoms with van der Waals surface area (Å²) < 4.78 is 1.14. The van der Waals surface area contributed by atoms with Crippen molar-refractivity contribution < 1.29 is 4.79 Å². The lowest BCUT2D eigenvalue weighted by Gasteiger charge is -1.94. The summed E-state index contributed by atoms with van der Waals surface area (Å²) in [4.78, 5) is 11.6. The van der Waals surface area contributed by atoms with Crippen LogP contribution in [0.1, 0.15) is 11.1 Å². The molecule has 3 heteroatoms. The van der Waals surface area contributed by atoms with Gasteiger partial charge in [0.15, 0.2) is 5.78 Å². The average molecular weight is 262 g/mol. The van der Waals surface area contributed by atoms with Crippen LogP contribution in [0.25, 0.3) is 6.08 Å². The molecule has 17 heavy (non-hydrogen) atoms. The Hall–Kier alpha value is -0.930. The molecule has 88 valence electrons. The van der Waals surface area contributed by atoms with Gasteiger partial charge in [0.05, 0.1) is 0 Å². The second kappa shape index (κ2) is 6.12. The Morgan fingerprint density at radius 1 is 1.18 bits per heavy atom. The van der Waals surface area contributed by atoms with E-state index >= 15 is 0 Å². The molecular weight excluding hydrogens is 248 g/mol. The van der Waals surface area contributed by atoms with Crippen LogP contribution in [0, 0.1) is 6.92 Å². The molecule has 1 heterocycles. The normalized spacial score (nSPS) is 15.5. The highest BCUT2D eigenvalue weighted by atomic mass is 32.2. The zero-order valence-electron chi connectivity index (χ0n) is 9.68. The van der Waals surface area contributed by atoms with Crippen LogP contribution in [0.3, 0.4) is 0 Å². The van der Waals surface area contributed by atoms with Crippen molar-refractivity contribution in [1.82, 2.24) is 0 Å². The predicted octanol–water partition coefficient (Wildman–Crippen LogP) is 3.90. The molecule has 0 amide bonds. The van der Waals surface area contributed by atoms with E-state index in [1.54, 1.807) is 35.7 Å². The first-order valence-electron chi connectivity index (χ1n) is 5.50. The smallest absolute Gasteiger partial charge is 0.180 e. The fourth-order valence-electron chi connectivity index (χ4n) is 1.43. The Bertz CT molecular complexity index is 450. The van der Waals surface area contributed by atoms with Crippen molar-refractivity contribution in [1.29, 1.82) is 0 Å². The van der Waals surface area contributed by atoms with E-state index in [0.29, 0.717) is 0 Å². The van der Waals surface area contributed by atoms with Gasteiger partial charge in [0.1, 0.15) is 0 Å². The van der Waals surface area contributed by atoms with E-state index in [1.807, 2.05) is 30.3 Å². The third-order valence-corrected chi connectivity index (χ3v) is 4.94. The van der Waals surface area contributed by atoms with Crippen molar-refractivity contribution in [3.63, 3.8) is 0 Å². The molecule has 0 bridgehead atoms. The van der Waals surface area contributed by atoms with Crippen LogP contribution in [0.5, 0.6) is 0 Å². The van der Waals surface area contributed by atoms with Crippen molar-refractivity contribution in [3.05, 3.63) is 51.8 Å². The second-order valence-corrected chi connectivity index (χ2v) is 6.34. The van der Waals surface area contributed by atoms with Crippen molar-refractivity contribution >= 4 is 35.4 Å². The molecule has 2 rings (SSSR count). The van der Waals surface area contributed by atoms with E-state index in [2.05, 4.69) is 6.92 Å². The van der Waals surface area contributed by atoms with Crippen molar-refractivity contribution in [2.45, 2.75) is 6.92 Å². The molecule has 0 radical (unpaired) electrons. The zero-order chi connectivity index (χ0) is 12.1. The van der Waals surface area contributed by atoms with Crippen LogP contribution in [0.2, 0.25) is 0 Å². The van der Waals surface area contributed by atoms with Gasteiger partial charge < -0.3 is 0 Å². The van der Waals surface area contributed by atoms with Gasteiger partial charge in [0.2, 0.25) is 0 Å². The lowest BCUT2D eigenvalue weighted by molar-refractivity contribution is -0.110. The van der Waals surface area contributed by atoms with Crippen LogP contribution in [-0.4, -0.2) is 17.3 Å². The molecule has 1 aliphatic rings. The highest BCUT2D eigenvalue weighted by molar-refractivity contribution is 8.25. The van der Waals surface area contributed by atoms with Crippen LogP contribution < -0.4 is 0 Å². The van der Waals surface area contributed by atoms with Crippen LogP contribution in [0.15, 0.2) is 40.7 Å². The van der Waals surface area contributed by atoms with Crippen molar-refractivity contribution in [2.75, 3.05) is 11.5 Å². The van der Waals surface area contributed by atoms with E-state index in [9.17, 15) is 4.79 Å². The van der Waals surface area contributed by atoms with E-state index in [-0.39, 0.29) is 5.78 Å². The van der Waals surface area contributed by atoms with Crippen LogP contribution in [-0.2, 0) is 4.79 Å². The molecular formula is C14H14OS2. The Kier molecular flexibility index (Phi) is 4.51. The summed E-state index contributed by atoms with van der Waals surface area (Å²) in [5, 5.41) is 0. The highest BCUT2D eigenvalue weighted by Crippen LogP contribution is 2.35. The summed E-state index contributed by atoms with van der Waals surface area (Å²) in [5.74, 6) is 2.30. The van der Waals surface area contributed by atoms with Crippen molar-refractivity contribution in [2.24, 2.45) is 0 Å². The standard InChI is InChI=1S/C14H14OS2/c1-11-2-4-12(5-3-11)6-7-13(15)10-14-16-8-9-17-14/h2-7,10H,8-9H2,1H3/b7-6+. The minimum absolute atomic E-state index is 0.0717. The number of thioether (sulfide) groups is 2. The number of carbonyl (C=O) groups excluding carboxylic acids is 1. The number of rotatable bonds is 3. The number of hydrogen-bond acceptors (Lipinski definition) is 3. The van der Waals surface area contributed by atoms with Gasteiger partial charge in [-0.25, -0.2) is 0 Å². The second-order valence-electron chi connectivity index (χ2n) is 3.81. The Labute approximate surface area is 110 Å². The molecule has 1 aromatic carbocycles. The van der Waals surface area contributed by atoms with Gasteiger partial charge in [0, 0.05) is 21.8 Å². The summed E-state index contributed by atoms with van der Waals surface area (Å²) in [6.45, 7) is 2.05. The summed E-state index contributed by atoms with van der Waals surface area (Å²) in [6, 6.07) is 8.13. The molecule has 0 atom stereocenters. The maximum atomic E-state index is 11.6. The van der Waals surface area contributed by atoms with E-state index in [0.717, 1.165) is 21.3 Å². The summed E-state index contributed by atoms with van der Waals surface area (Å²) in [5.41, 5.74) is 2.29. The highest BCUT2D eigenvalue weighted by Gasteiger charge is 2.08. The third-order valence-electron chi connectivity index (χ3n) is 2.35. The number of aryl methyl sites for hydroxylation is 1. The molecule has 0 N–H and O–H groups in total. The van der Waals surface area contributed by atoms with Gasteiger partial charge in [-0.15, -0.1) is 23.5 Å². The lowest BCUT2D eigenvalue weighted by Crippen LogP contribution is -1.85. The fraction of sp³-hybridized carbons (Fsp3) is 0.214. The van der Waals surface area contributed by atoms with Crippen LogP contribution in [0.4, 0.5) is 0 Å². The molecule has 0 aliphatic carbocycles. The van der Waals surface area contributed by atoms with Gasteiger partial charge in [-0.05, 0) is 18.6 Å². The molecule has 0 unspecified atom stereocenters. The molecule has 1 saturated heterocycles. The van der Waals surface area contributed by atoms with E-state index in [4.69, 9.17) is 0 Å². The first-order valence-corrected chi connectivity index (χ1v) is 7.47. The summed E-state index contributed by atoms with van der Waals surface area (Å²) in [7, 11) is 0. The monoisotopic (exact) mass is 262 g/mol. The summed E-state index contributed by atoms with van der Waals surface area (Å²) >= 11 is 3.53. The number of ketones is 1. The molecule has 0 spiro atoms. The first kappa shape index (κ1) is 12.5. The maximum absolute atomic E-state index is 11.6. The van der Waals surface area contributed by atoms with Gasteiger partial charge >= 0.3 is 0 Å². The zero-order valence-corrected chi connectivity index (χ0v) is 11.3. The quantitative estimate of drug-likeness (QED) is 0.769. The van der Waals surface area contributed by atoms with Crippen LogP contribution >= 0.6 is 23.5 Å². The molecule has 0 saturated carbocycles.